The van der Waals surface area contributed by atoms with Crippen LogP contribution in [0.5, 0.6) is 0 Å². The van der Waals surface area contributed by atoms with Crippen molar-refractivity contribution >= 4 is 57.1 Å². The zero-order valence-electron chi connectivity index (χ0n) is 19.6. The number of benzene rings is 2. The lowest BCUT2D eigenvalue weighted by molar-refractivity contribution is -0.147. The van der Waals surface area contributed by atoms with Crippen molar-refractivity contribution in [1.82, 2.24) is 0 Å². The van der Waals surface area contributed by atoms with Crippen molar-refractivity contribution in [3.8, 4) is 0 Å². The zero-order valence-corrected chi connectivity index (χ0v) is 23.9. The Morgan fingerprint density at radius 1 is 0.735 bits per heavy atom. The summed E-state index contributed by atoms with van der Waals surface area (Å²) in [5.41, 5.74) is 13.1. The van der Waals surface area contributed by atoms with E-state index in [1.807, 2.05) is 0 Å². The number of rotatable bonds is 4. The molecule has 4 rings (SSSR count). The Labute approximate surface area is 228 Å². The maximum absolute atomic E-state index is 11.6. The van der Waals surface area contributed by atoms with Gasteiger partial charge in [-0.05, 0) is 131 Å². The van der Waals surface area contributed by atoms with Gasteiger partial charge < -0.3 is 20.9 Å². The molecule has 0 aliphatic heterocycles. The highest BCUT2D eigenvalue weighted by Crippen LogP contribution is 2.41. The third kappa shape index (κ3) is 6.50. The van der Waals surface area contributed by atoms with Gasteiger partial charge in [0.1, 0.15) is 11.1 Å². The summed E-state index contributed by atoms with van der Waals surface area (Å²) >= 11 is 4.57. The third-order valence-corrected chi connectivity index (χ3v) is 8.40. The standard InChI is InChI=1S/2C13H16INO2/c2*1-17-12(16)13(15)7-6-10(8-13)9-2-4-11(14)5-3-9/h2*2-5,10H,6-8,15H2,1H3/t10-,13+;10-,13-/m01/s1. The Balaban J connectivity index is 0.000000191. The number of esters is 2. The number of halogens is 2. The summed E-state index contributed by atoms with van der Waals surface area (Å²) in [6.45, 7) is 0. The van der Waals surface area contributed by atoms with Gasteiger partial charge >= 0.3 is 11.9 Å². The van der Waals surface area contributed by atoms with E-state index in [0.29, 0.717) is 37.5 Å². The van der Waals surface area contributed by atoms with Crippen LogP contribution in [0.1, 0.15) is 61.5 Å². The van der Waals surface area contributed by atoms with Gasteiger partial charge in [-0.15, -0.1) is 0 Å². The fourth-order valence-corrected chi connectivity index (χ4v) is 5.69. The minimum absolute atomic E-state index is 0.287. The van der Waals surface area contributed by atoms with Crippen LogP contribution in [0.2, 0.25) is 0 Å². The smallest absolute Gasteiger partial charge is 0.325 e. The Hall–Kier alpha value is -1.24. The second kappa shape index (κ2) is 11.7. The van der Waals surface area contributed by atoms with Crippen LogP contribution in [0.4, 0.5) is 0 Å². The first kappa shape index (κ1) is 27.3. The van der Waals surface area contributed by atoms with Gasteiger partial charge in [-0.1, -0.05) is 24.3 Å². The lowest BCUT2D eigenvalue weighted by Gasteiger charge is -2.20. The van der Waals surface area contributed by atoms with Gasteiger partial charge in [0.25, 0.3) is 0 Å². The minimum atomic E-state index is -0.789. The number of hydrogen-bond donors (Lipinski definition) is 2. The lowest BCUT2D eigenvalue weighted by Crippen LogP contribution is -2.46. The Morgan fingerprint density at radius 2 is 1.06 bits per heavy atom. The van der Waals surface area contributed by atoms with Gasteiger partial charge in [0.15, 0.2) is 0 Å². The van der Waals surface area contributed by atoms with Crippen LogP contribution in [0, 0.1) is 7.14 Å². The van der Waals surface area contributed by atoms with Crippen LogP contribution in [0.15, 0.2) is 48.5 Å². The summed E-state index contributed by atoms with van der Waals surface area (Å²) in [4.78, 5) is 23.2. The number of ether oxygens (including phenoxy) is 2. The molecule has 2 aliphatic carbocycles. The van der Waals surface area contributed by atoms with Gasteiger partial charge in [0.05, 0.1) is 14.2 Å². The van der Waals surface area contributed by atoms with E-state index in [-0.39, 0.29) is 11.9 Å². The first-order valence-corrected chi connectivity index (χ1v) is 13.5. The fraction of sp³-hybridized carbons (Fsp3) is 0.462. The quantitative estimate of drug-likeness (QED) is 0.351. The number of methoxy groups -OCH3 is 2. The zero-order chi connectivity index (χ0) is 24.9. The molecular formula is C26H32I2N2O4. The molecule has 0 unspecified atom stereocenters. The molecule has 2 fully saturated rings. The monoisotopic (exact) mass is 690 g/mol. The Morgan fingerprint density at radius 3 is 1.35 bits per heavy atom. The van der Waals surface area contributed by atoms with Crippen molar-refractivity contribution in [2.75, 3.05) is 14.2 Å². The van der Waals surface area contributed by atoms with E-state index in [1.54, 1.807) is 0 Å². The maximum Gasteiger partial charge on any atom is 0.325 e. The van der Waals surface area contributed by atoms with E-state index in [0.717, 1.165) is 12.8 Å². The molecule has 2 aromatic rings. The average molecular weight is 690 g/mol. The molecule has 184 valence electrons. The number of carbonyl (C=O) groups excluding carboxylic acids is 2. The highest BCUT2D eigenvalue weighted by molar-refractivity contribution is 14.1. The van der Waals surface area contributed by atoms with Crippen molar-refractivity contribution in [2.45, 2.75) is 61.4 Å². The molecule has 4 N–H and O–H groups in total. The molecule has 6 nitrogen and oxygen atoms in total. The van der Waals surface area contributed by atoms with Crippen LogP contribution in [0.25, 0.3) is 0 Å². The summed E-state index contributed by atoms with van der Waals surface area (Å²) < 4.78 is 12.0. The van der Waals surface area contributed by atoms with Gasteiger partial charge in [-0.2, -0.15) is 0 Å². The molecule has 0 saturated heterocycles. The summed E-state index contributed by atoms with van der Waals surface area (Å²) in [6, 6.07) is 16.8. The fourth-order valence-electron chi connectivity index (χ4n) is 4.97. The SMILES string of the molecule is COC(=O)[C@@]1(N)CC[C@@H](c2ccc(I)cc2)C1.COC(=O)[C@@]1(N)CC[C@H](c2ccc(I)cc2)C1. The normalized spacial score (nSPS) is 28.1. The van der Waals surface area contributed by atoms with Crippen LogP contribution in [0.3, 0.4) is 0 Å². The maximum atomic E-state index is 11.6. The van der Waals surface area contributed by atoms with Crippen molar-refractivity contribution in [3.63, 3.8) is 0 Å². The molecule has 0 amide bonds. The lowest BCUT2D eigenvalue weighted by atomic mass is 9.93. The highest BCUT2D eigenvalue weighted by atomic mass is 127. The van der Waals surface area contributed by atoms with Gasteiger partial charge in [0.2, 0.25) is 0 Å². The van der Waals surface area contributed by atoms with Gasteiger partial charge in [-0.25, -0.2) is 0 Å². The molecule has 0 heterocycles. The van der Waals surface area contributed by atoms with Gasteiger partial charge in [-0.3, -0.25) is 9.59 Å². The Kier molecular flexibility index (Phi) is 9.38. The largest absolute Gasteiger partial charge is 0.468 e. The molecule has 2 aliphatic rings. The number of carbonyl (C=O) groups is 2. The molecule has 4 atom stereocenters. The summed E-state index contributed by atoms with van der Waals surface area (Å²) in [5, 5.41) is 0. The molecule has 2 aromatic carbocycles. The number of nitrogens with two attached hydrogens (primary N) is 2. The predicted octanol–water partition coefficient (Wildman–Crippen LogP) is 4.86. The van der Waals surface area contributed by atoms with Crippen LogP contribution in [-0.4, -0.2) is 37.2 Å². The predicted molar refractivity (Wildman–Crippen MR) is 149 cm³/mol. The van der Waals surface area contributed by atoms with Gasteiger partial charge in [0, 0.05) is 7.14 Å². The molecule has 34 heavy (non-hydrogen) atoms. The van der Waals surface area contributed by atoms with E-state index < -0.39 is 11.1 Å². The highest BCUT2D eigenvalue weighted by Gasteiger charge is 2.44. The Bertz CT molecular complexity index is 917. The van der Waals surface area contributed by atoms with E-state index in [4.69, 9.17) is 20.9 Å². The van der Waals surface area contributed by atoms with Crippen molar-refractivity contribution < 1.29 is 19.1 Å². The first-order valence-electron chi connectivity index (χ1n) is 11.4. The number of hydrogen-bond acceptors (Lipinski definition) is 6. The second-order valence-electron chi connectivity index (χ2n) is 9.28. The molecule has 0 aromatic heterocycles. The summed E-state index contributed by atoms with van der Waals surface area (Å²) in [5.74, 6) is 0.170. The molecule has 0 spiro atoms. The summed E-state index contributed by atoms with van der Waals surface area (Å²) in [6.07, 6.45) is 4.67. The van der Waals surface area contributed by atoms with Crippen LogP contribution in [-0.2, 0) is 19.1 Å². The summed E-state index contributed by atoms with van der Waals surface area (Å²) in [7, 11) is 2.80. The van der Waals surface area contributed by atoms with E-state index in [9.17, 15) is 9.59 Å². The van der Waals surface area contributed by atoms with Crippen molar-refractivity contribution in [2.24, 2.45) is 11.5 Å². The minimum Gasteiger partial charge on any atom is -0.468 e. The van der Waals surface area contributed by atoms with E-state index in [2.05, 4.69) is 93.7 Å². The van der Waals surface area contributed by atoms with Crippen molar-refractivity contribution in [1.29, 1.82) is 0 Å². The molecular weight excluding hydrogens is 658 g/mol. The first-order chi connectivity index (χ1) is 16.1. The molecule has 2 saturated carbocycles. The topological polar surface area (TPSA) is 105 Å². The molecule has 0 bridgehead atoms. The molecule has 0 radical (unpaired) electrons. The van der Waals surface area contributed by atoms with Crippen LogP contribution < -0.4 is 11.5 Å². The molecule has 8 heteroatoms. The van der Waals surface area contributed by atoms with E-state index in [1.165, 1.54) is 32.5 Å². The van der Waals surface area contributed by atoms with E-state index >= 15 is 0 Å². The average Bonchev–Trinajstić information content (AvgIpc) is 3.44. The second-order valence-corrected chi connectivity index (χ2v) is 11.8. The van der Waals surface area contributed by atoms with Crippen LogP contribution >= 0.6 is 45.2 Å². The third-order valence-electron chi connectivity index (χ3n) is 6.97. The van der Waals surface area contributed by atoms with Crippen molar-refractivity contribution in [3.05, 3.63) is 66.8 Å².